The molecule has 43 heavy (non-hydrogen) atoms. The molecule has 1 amide bonds. The van der Waals surface area contributed by atoms with Crippen LogP contribution in [0.4, 0.5) is 10.6 Å². The third-order valence-corrected chi connectivity index (χ3v) is 7.12. The Bertz CT molecular complexity index is 1920. The van der Waals surface area contributed by atoms with Crippen LogP contribution in [-0.2, 0) is 17.8 Å². The molecule has 0 fully saturated rings. The molecular weight excluding hydrogens is 544 g/mol. The maximum atomic E-state index is 13.8. The summed E-state index contributed by atoms with van der Waals surface area (Å²) < 4.78 is 7.16. The average molecular weight is 575 g/mol. The number of hydrogen-bond acceptors (Lipinski definition) is 8. The van der Waals surface area contributed by atoms with E-state index in [1.165, 1.54) is 12.7 Å². The SMILES string of the molecule is Cc1cccc2nc(CCCC(NC(=O)OCc3ccccc3)Nc3ncnc4nc[nH]c34)n(-c3ccccc3)c(=O)c12. The second kappa shape index (κ2) is 12.5. The molecule has 0 saturated carbocycles. The molecular formula is C32H30N8O3. The van der Waals surface area contributed by atoms with Gasteiger partial charge in [0.25, 0.3) is 5.56 Å². The summed E-state index contributed by atoms with van der Waals surface area (Å²) in [7, 11) is 0. The fraction of sp³-hybridized carbons (Fsp3) is 0.188. The number of amides is 1. The lowest BCUT2D eigenvalue weighted by molar-refractivity contribution is 0.136. The zero-order valence-corrected chi connectivity index (χ0v) is 23.5. The van der Waals surface area contributed by atoms with E-state index in [-0.39, 0.29) is 12.2 Å². The molecule has 0 aliphatic carbocycles. The quantitative estimate of drug-likeness (QED) is 0.193. The molecule has 0 bridgehead atoms. The third-order valence-electron chi connectivity index (χ3n) is 7.12. The highest BCUT2D eigenvalue weighted by atomic mass is 16.5. The molecule has 6 aromatic rings. The highest BCUT2D eigenvalue weighted by Crippen LogP contribution is 2.19. The van der Waals surface area contributed by atoms with E-state index in [4.69, 9.17) is 9.72 Å². The predicted molar refractivity (Wildman–Crippen MR) is 164 cm³/mol. The van der Waals surface area contributed by atoms with Gasteiger partial charge in [0, 0.05) is 6.42 Å². The summed E-state index contributed by atoms with van der Waals surface area (Å²) in [4.78, 5) is 47.3. The number of anilines is 1. The van der Waals surface area contributed by atoms with Gasteiger partial charge in [-0.25, -0.2) is 24.7 Å². The van der Waals surface area contributed by atoms with Crippen LogP contribution < -0.4 is 16.2 Å². The maximum Gasteiger partial charge on any atom is 0.409 e. The molecule has 0 aliphatic rings. The average Bonchev–Trinajstić information content (AvgIpc) is 3.51. The minimum Gasteiger partial charge on any atom is -0.445 e. The Balaban J connectivity index is 1.24. The van der Waals surface area contributed by atoms with Gasteiger partial charge in [-0.3, -0.25) is 9.36 Å². The maximum absolute atomic E-state index is 13.8. The number of alkyl carbamates (subject to hydrolysis) is 1. The largest absolute Gasteiger partial charge is 0.445 e. The molecule has 11 nitrogen and oxygen atoms in total. The van der Waals surface area contributed by atoms with Crippen LogP contribution in [0, 0.1) is 6.92 Å². The number of ether oxygens (including phenoxy) is 1. The van der Waals surface area contributed by atoms with Gasteiger partial charge in [0.2, 0.25) is 0 Å². The van der Waals surface area contributed by atoms with Crippen LogP contribution in [0.2, 0.25) is 0 Å². The molecule has 1 atom stereocenters. The molecule has 0 radical (unpaired) electrons. The van der Waals surface area contributed by atoms with E-state index in [0.29, 0.717) is 53.0 Å². The van der Waals surface area contributed by atoms with Crippen LogP contribution in [0.25, 0.3) is 27.8 Å². The van der Waals surface area contributed by atoms with E-state index in [9.17, 15) is 9.59 Å². The van der Waals surface area contributed by atoms with Gasteiger partial charge in [0.15, 0.2) is 11.5 Å². The van der Waals surface area contributed by atoms with Crippen LogP contribution in [0.5, 0.6) is 0 Å². The van der Waals surface area contributed by atoms with Gasteiger partial charge in [-0.2, -0.15) is 0 Å². The second-order valence-corrected chi connectivity index (χ2v) is 10.1. The van der Waals surface area contributed by atoms with E-state index in [1.807, 2.05) is 85.8 Å². The van der Waals surface area contributed by atoms with E-state index >= 15 is 0 Å². The Morgan fingerprint density at radius 2 is 1.77 bits per heavy atom. The van der Waals surface area contributed by atoms with Crippen LogP contribution in [0.3, 0.4) is 0 Å². The first kappa shape index (κ1) is 27.6. The minimum atomic E-state index is -0.572. The molecule has 0 saturated heterocycles. The highest BCUT2D eigenvalue weighted by Gasteiger charge is 2.19. The van der Waals surface area contributed by atoms with Crippen molar-refractivity contribution in [1.82, 2.24) is 34.8 Å². The van der Waals surface area contributed by atoms with Crippen molar-refractivity contribution in [2.24, 2.45) is 0 Å². The lowest BCUT2D eigenvalue weighted by Gasteiger charge is -2.21. The number of benzene rings is 3. The van der Waals surface area contributed by atoms with Crippen LogP contribution in [0.15, 0.2) is 96.3 Å². The number of hydrogen-bond donors (Lipinski definition) is 3. The van der Waals surface area contributed by atoms with Gasteiger partial charge in [0.1, 0.15) is 30.4 Å². The Morgan fingerprint density at radius 1 is 0.977 bits per heavy atom. The van der Waals surface area contributed by atoms with Crippen molar-refractivity contribution < 1.29 is 9.53 Å². The first-order valence-corrected chi connectivity index (χ1v) is 14.0. The Morgan fingerprint density at radius 3 is 2.58 bits per heavy atom. The van der Waals surface area contributed by atoms with E-state index in [1.54, 1.807) is 4.57 Å². The molecule has 11 heteroatoms. The molecule has 3 heterocycles. The van der Waals surface area contributed by atoms with Gasteiger partial charge in [-0.05, 0) is 49.1 Å². The van der Waals surface area contributed by atoms with E-state index in [2.05, 4.69) is 30.6 Å². The first-order chi connectivity index (χ1) is 21.1. The number of carbonyl (C=O) groups is 1. The number of nitrogens with zero attached hydrogens (tertiary/aromatic N) is 5. The smallest absolute Gasteiger partial charge is 0.409 e. The first-order valence-electron chi connectivity index (χ1n) is 14.0. The number of aryl methyl sites for hydroxylation is 2. The number of rotatable bonds is 10. The van der Waals surface area contributed by atoms with Gasteiger partial charge in [-0.15, -0.1) is 0 Å². The van der Waals surface area contributed by atoms with Gasteiger partial charge in [-0.1, -0.05) is 60.7 Å². The van der Waals surface area contributed by atoms with Crippen molar-refractivity contribution in [3.63, 3.8) is 0 Å². The number of aromatic nitrogens is 6. The van der Waals surface area contributed by atoms with E-state index < -0.39 is 12.3 Å². The molecule has 3 aromatic heterocycles. The standard InChI is InChI=1S/C32H30N8O3/c1-21-10-8-15-24-27(21)31(41)40(23-13-6-3-7-14-23)26(37-24)17-9-16-25(38-30-28-29(34-19-33-28)35-20-36-30)39-32(42)43-18-22-11-4-2-5-12-22/h2-8,10-15,19-20,25H,9,16-18H2,1H3,(H,39,42)(H2,33,34,35,36,38). The van der Waals surface area contributed by atoms with Crippen LogP contribution in [0.1, 0.15) is 29.8 Å². The van der Waals surface area contributed by atoms with Crippen molar-refractivity contribution >= 4 is 34.0 Å². The summed E-state index contributed by atoms with van der Waals surface area (Å²) in [5, 5.41) is 6.81. The summed E-state index contributed by atoms with van der Waals surface area (Å²) in [6.45, 7) is 2.06. The van der Waals surface area contributed by atoms with Gasteiger partial charge in [0.05, 0.1) is 22.9 Å². The van der Waals surface area contributed by atoms with E-state index in [0.717, 1.165) is 16.8 Å². The molecule has 0 aliphatic heterocycles. The molecule has 3 N–H and O–H groups in total. The van der Waals surface area contributed by atoms with Crippen molar-refractivity contribution in [3.05, 3.63) is 119 Å². The van der Waals surface area contributed by atoms with Crippen molar-refractivity contribution in [1.29, 1.82) is 0 Å². The van der Waals surface area contributed by atoms with Gasteiger partial charge >= 0.3 is 6.09 Å². The van der Waals surface area contributed by atoms with Crippen molar-refractivity contribution in [2.75, 3.05) is 5.32 Å². The monoisotopic (exact) mass is 574 g/mol. The molecule has 216 valence electrons. The minimum absolute atomic E-state index is 0.107. The van der Waals surface area contributed by atoms with Gasteiger partial charge < -0.3 is 20.4 Å². The zero-order valence-electron chi connectivity index (χ0n) is 23.5. The summed E-state index contributed by atoms with van der Waals surface area (Å²) in [6, 6.07) is 24.7. The van der Waals surface area contributed by atoms with Crippen molar-refractivity contribution in [2.45, 2.75) is 39.0 Å². The van der Waals surface area contributed by atoms with Crippen LogP contribution in [-0.4, -0.2) is 41.7 Å². The summed E-state index contributed by atoms with van der Waals surface area (Å²) in [5.74, 6) is 1.13. The lowest BCUT2D eigenvalue weighted by Crippen LogP contribution is -2.41. The summed E-state index contributed by atoms with van der Waals surface area (Å²) in [5.41, 5.74) is 4.19. The lowest BCUT2D eigenvalue weighted by atomic mass is 10.1. The second-order valence-electron chi connectivity index (χ2n) is 10.1. The fourth-order valence-corrected chi connectivity index (χ4v) is 5.04. The molecule has 6 rings (SSSR count). The summed E-state index contributed by atoms with van der Waals surface area (Å²) in [6.07, 6.45) is 3.38. The summed E-state index contributed by atoms with van der Waals surface area (Å²) >= 11 is 0. The predicted octanol–water partition coefficient (Wildman–Crippen LogP) is 5.05. The highest BCUT2D eigenvalue weighted by molar-refractivity contribution is 5.82. The third kappa shape index (κ3) is 6.20. The van der Waals surface area contributed by atoms with Crippen LogP contribution >= 0.6 is 0 Å². The van der Waals surface area contributed by atoms with Crippen molar-refractivity contribution in [3.8, 4) is 5.69 Å². The number of fused-ring (bicyclic) bond motifs is 2. The Hall–Kier alpha value is -5.58. The normalized spacial score (nSPS) is 11.8. The topological polar surface area (TPSA) is 140 Å². The zero-order chi connectivity index (χ0) is 29.6. The number of para-hydroxylation sites is 1. The number of aromatic amines is 1. The molecule has 3 aromatic carbocycles. The fourth-order valence-electron chi connectivity index (χ4n) is 5.04. The Labute approximate surface area is 247 Å². The molecule has 0 spiro atoms. The number of H-pyrrole nitrogens is 1. The number of nitrogens with one attached hydrogen (secondary N) is 3. The molecule has 1 unspecified atom stereocenters. The Kier molecular flexibility index (Phi) is 8.03. The number of carbonyl (C=O) groups excluding carboxylic acids is 1. The number of imidazole rings is 1.